The average molecular weight is 309 g/mol. The van der Waals surface area contributed by atoms with E-state index in [1.54, 1.807) is 0 Å². The lowest BCUT2D eigenvalue weighted by atomic mass is 10.1. The second-order valence-electron chi connectivity index (χ2n) is 4.29. The molecule has 94 valence electrons. The Bertz CT molecular complexity index is 564. The fraction of sp³-hybridized carbons (Fsp3) is 0.308. The summed E-state index contributed by atoms with van der Waals surface area (Å²) in [5.74, 6) is 0.926. The van der Waals surface area contributed by atoms with Gasteiger partial charge in [-0.3, -0.25) is 4.79 Å². The monoisotopic (exact) mass is 308 g/mol. The number of halogens is 1. The molecule has 0 spiro atoms. The summed E-state index contributed by atoms with van der Waals surface area (Å²) in [7, 11) is 0. The van der Waals surface area contributed by atoms with Gasteiger partial charge < -0.3 is 4.52 Å². The molecule has 1 heterocycles. The van der Waals surface area contributed by atoms with Gasteiger partial charge in [0.1, 0.15) is 5.78 Å². The van der Waals surface area contributed by atoms with Gasteiger partial charge >= 0.3 is 0 Å². The third-order valence-corrected chi connectivity index (χ3v) is 3.24. The van der Waals surface area contributed by atoms with Gasteiger partial charge in [-0.1, -0.05) is 47.1 Å². The van der Waals surface area contributed by atoms with Crippen LogP contribution in [0, 0.1) is 5.92 Å². The Kier molecular flexibility index (Phi) is 3.91. The number of carbonyl (C=O) groups is 1. The van der Waals surface area contributed by atoms with E-state index in [1.807, 2.05) is 38.1 Å². The molecule has 0 aliphatic rings. The molecule has 2 rings (SSSR count). The molecule has 0 fully saturated rings. The number of hydrogen-bond donors (Lipinski definition) is 0. The molecule has 0 saturated carbocycles. The van der Waals surface area contributed by atoms with Crippen LogP contribution in [0.5, 0.6) is 0 Å². The number of hydrogen-bond acceptors (Lipinski definition) is 4. The van der Waals surface area contributed by atoms with Crippen LogP contribution in [-0.4, -0.2) is 15.9 Å². The van der Waals surface area contributed by atoms with E-state index in [-0.39, 0.29) is 18.1 Å². The predicted octanol–water partition coefficient (Wildman–Crippen LogP) is 3.27. The third kappa shape index (κ3) is 2.85. The second kappa shape index (κ2) is 5.44. The van der Waals surface area contributed by atoms with Crippen LogP contribution in [0.2, 0.25) is 0 Å². The Hall–Kier alpha value is -1.49. The van der Waals surface area contributed by atoms with Crippen LogP contribution in [0.1, 0.15) is 19.7 Å². The van der Waals surface area contributed by atoms with Crippen molar-refractivity contribution in [3.63, 3.8) is 0 Å². The van der Waals surface area contributed by atoms with Crippen molar-refractivity contribution in [3.8, 4) is 11.4 Å². The van der Waals surface area contributed by atoms with Crippen molar-refractivity contribution in [2.45, 2.75) is 20.3 Å². The van der Waals surface area contributed by atoms with E-state index in [9.17, 15) is 4.79 Å². The van der Waals surface area contributed by atoms with E-state index in [1.165, 1.54) is 0 Å². The van der Waals surface area contributed by atoms with Gasteiger partial charge in [0.05, 0.1) is 6.42 Å². The van der Waals surface area contributed by atoms with Gasteiger partial charge in [0, 0.05) is 16.0 Å². The number of rotatable bonds is 4. The number of aromatic nitrogens is 2. The summed E-state index contributed by atoms with van der Waals surface area (Å²) in [4.78, 5) is 15.8. The first-order valence-corrected chi connectivity index (χ1v) is 6.47. The number of ketones is 1. The fourth-order valence-corrected chi connectivity index (χ4v) is 1.89. The van der Waals surface area contributed by atoms with Crippen LogP contribution in [0.15, 0.2) is 33.3 Å². The van der Waals surface area contributed by atoms with Gasteiger partial charge in [-0.05, 0) is 12.1 Å². The van der Waals surface area contributed by atoms with E-state index in [0.29, 0.717) is 11.7 Å². The number of carbonyl (C=O) groups excluding carboxylic acids is 1. The first-order valence-electron chi connectivity index (χ1n) is 5.68. The van der Waals surface area contributed by atoms with Crippen LogP contribution in [-0.2, 0) is 11.2 Å². The Morgan fingerprint density at radius 1 is 1.39 bits per heavy atom. The molecule has 0 bridgehead atoms. The summed E-state index contributed by atoms with van der Waals surface area (Å²) in [6, 6.07) is 7.61. The summed E-state index contributed by atoms with van der Waals surface area (Å²) in [6.45, 7) is 3.71. The molecular formula is C13H13BrN2O2. The van der Waals surface area contributed by atoms with Crippen LogP contribution < -0.4 is 0 Å². The highest BCUT2D eigenvalue weighted by molar-refractivity contribution is 9.10. The lowest BCUT2D eigenvalue weighted by Gasteiger charge is -1.99. The van der Waals surface area contributed by atoms with Crippen LogP contribution in [0.3, 0.4) is 0 Å². The van der Waals surface area contributed by atoms with Gasteiger partial charge in [-0.2, -0.15) is 4.98 Å². The molecule has 1 aromatic carbocycles. The topological polar surface area (TPSA) is 56.0 Å². The molecule has 2 aromatic rings. The van der Waals surface area contributed by atoms with E-state index in [0.717, 1.165) is 10.0 Å². The zero-order valence-electron chi connectivity index (χ0n) is 10.2. The highest BCUT2D eigenvalue weighted by Crippen LogP contribution is 2.25. The van der Waals surface area contributed by atoms with Crippen molar-refractivity contribution in [1.29, 1.82) is 0 Å². The lowest BCUT2D eigenvalue weighted by molar-refractivity contribution is -0.121. The van der Waals surface area contributed by atoms with E-state index < -0.39 is 0 Å². The van der Waals surface area contributed by atoms with Crippen molar-refractivity contribution in [2.75, 3.05) is 0 Å². The highest BCUT2D eigenvalue weighted by atomic mass is 79.9. The highest BCUT2D eigenvalue weighted by Gasteiger charge is 2.15. The predicted molar refractivity (Wildman–Crippen MR) is 71.0 cm³/mol. The molecule has 0 atom stereocenters. The number of benzene rings is 1. The molecule has 0 aliphatic heterocycles. The van der Waals surface area contributed by atoms with Crippen molar-refractivity contribution in [2.24, 2.45) is 5.92 Å². The molecule has 0 radical (unpaired) electrons. The van der Waals surface area contributed by atoms with Gasteiger partial charge in [0.25, 0.3) is 0 Å². The minimum atomic E-state index is -0.0242. The molecule has 1 aromatic heterocycles. The summed E-state index contributed by atoms with van der Waals surface area (Å²) in [5.41, 5.74) is 0.851. The second-order valence-corrected chi connectivity index (χ2v) is 5.14. The molecule has 0 amide bonds. The van der Waals surface area contributed by atoms with Gasteiger partial charge in [-0.25, -0.2) is 0 Å². The smallest absolute Gasteiger partial charge is 0.234 e. The third-order valence-electron chi connectivity index (χ3n) is 2.55. The van der Waals surface area contributed by atoms with Gasteiger partial charge in [0.2, 0.25) is 11.7 Å². The molecule has 18 heavy (non-hydrogen) atoms. The maximum Gasteiger partial charge on any atom is 0.234 e. The summed E-state index contributed by atoms with van der Waals surface area (Å²) in [6.07, 6.45) is 0.190. The number of Topliss-reactive ketones (excluding diaryl/α,β-unsaturated/α-hetero) is 1. The van der Waals surface area contributed by atoms with Crippen molar-refractivity contribution in [3.05, 3.63) is 34.6 Å². The Morgan fingerprint density at radius 2 is 2.11 bits per heavy atom. The van der Waals surface area contributed by atoms with Gasteiger partial charge in [-0.15, -0.1) is 0 Å². The summed E-state index contributed by atoms with van der Waals surface area (Å²) >= 11 is 3.43. The van der Waals surface area contributed by atoms with E-state index >= 15 is 0 Å². The largest absolute Gasteiger partial charge is 0.338 e. The molecular weight excluding hydrogens is 296 g/mol. The first-order chi connectivity index (χ1) is 8.58. The molecule has 0 unspecified atom stereocenters. The van der Waals surface area contributed by atoms with E-state index in [4.69, 9.17) is 4.52 Å². The quantitative estimate of drug-likeness (QED) is 0.870. The molecule has 0 N–H and O–H groups in total. The van der Waals surface area contributed by atoms with Crippen molar-refractivity contribution in [1.82, 2.24) is 10.1 Å². The van der Waals surface area contributed by atoms with Crippen LogP contribution >= 0.6 is 15.9 Å². The van der Waals surface area contributed by atoms with Crippen LogP contribution in [0.4, 0.5) is 0 Å². The molecule has 0 aliphatic carbocycles. The molecule has 5 heteroatoms. The SMILES string of the molecule is CC(C)C(=O)Cc1nc(-c2ccccc2Br)no1. The minimum Gasteiger partial charge on any atom is -0.338 e. The zero-order valence-corrected chi connectivity index (χ0v) is 11.8. The zero-order chi connectivity index (χ0) is 13.1. The minimum absolute atomic E-state index is 0.0242. The molecule has 0 saturated heterocycles. The van der Waals surface area contributed by atoms with Crippen molar-refractivity contribution >= 4 is 21.7 Å². The summed E-state index contributed by atoms with van der Waals surface area (Å²) in [5, 5.41) is 3.89. The first kappa shape index (κ1) is 13.0. The van der Waals surface area contributed by atoms with Crippen molar-refractivity contribution < 1.29 is 9.32 Å². The fourth-order valence-electron chi connectivity index (χ4n) is 1.43. The maximum atomic E-state index is 11.6. The Labute approximate surface area is 114 Å². The van der Waals surface area contributed by atoms with E-state index in [2.05, 4.69) is 26.1 Å². The maximum absolute atomic E-state index is 11.6. The summed E-state index contributed by atoms with van der Waals surface area (Å²) < 4.78 is 5.99. The average Bonchev–Trinajstić information content (AvgIpc) is 2.77. The Morgan fingerprint density at radius 3 is 2.78 bits per heavy atom. The van der Waals surface area contributed by atoms with Gasteiger partial charge in [0.15, 0.2) is 0 Å². The standard InChI is InChI=1S/C13H13BrN2O2/c1-8(2)11(17)7-12-15-13(16-18-12)9-5-3-4-6-10(9)14/h3-6,8H,7H2,1-2H3. The Balaban J connectivity index is 2.21. The lowest BCUT2D eigenvalue weighted by Crippen LogP contribution is -2.10. The number of nitrogens with zero attached hydrogens (tertiary/aromatic N) is 2. The normalized spacial score (nSPS) is 10.9. The van der Waals surface area contributed by atoms with Crippen LogP contribution in [0.25, 0.3) is 11.4 Å². The molecule has 4 nitrogen and oxygen atoms in total.